The van der Waals surface area contributed by atoms with Crippen LogP contribution in [0, 0.1) is 6.92 Å². The van der Waals surface area contributed by atoms with Gasteiger partial charge in [-0.25, -0.2) is 9.97 Å². The van der Waals surface area contributed by atoms with Crippen LogP contribution in [0.5, 0.6) is 0 Å². The fourth-order valence-electron chi connectivity index (χ4n) is 1.39. The van der Waals surface area contributed by atoms with Crippen molar-refractivity contribution in [2.75, 3.05) is 11.9 Å². The molecule has 0 radical (unpaired) electrons. The van der Waals surface area contributed by atoms with Crippen LogP contribution in [-0.2, 0) is 0 Å². The maximum Gasteiger partial charge on any atom is 0.226 e. The van der Waals surface area contributed by atoms with Crippen LogP contribution in [0.2, 0.25) is 0 Å². The lowest BCUT2D eigenvalue weighted by molar-refractivity contribution is 0.318. The van der Waals surface area contributed by atoms with Crippen molar-refractivity contribution >= 4 is 11.8 Å². The van der Waals surface area contributed by atoms with E-state index in [1.165, 1.54) is 0 Å². The number of aromatic nitrogens is 2. The molecule has 0 spiro atoms. The van der Waals surface area contributed by atoms with Crippen LogP contribution in [0.3, 0.4) is 0 Å². The largest absolute Gasteiger partial charge is 0.409 e. The normalized spacial score (nSPS) is 12.6. The molecule has 0 saturated carbocycles. The van der Waals surface area contributed by atoms with Crippen LogP contribution in [-0.4, -0.2) is 33.6 Å². The second kappa shape index (κ2) is 5.20. The topological polar surface area (TPSA) is 87.6 Å². The van der Waals surface area contributed by atoms with Crippen LogP contribution in [0.25, 0.3) is 0 Å². The molecule has 18 heavy (non-hydrogen) atoms. The summed E-state index contributed by atoms with van der Waals surface area (Å²) >= 11 is 0. The van der Waals surface area contributed by atoms with Crippen molar-refractivity contribution in [1.82, 2.24) is 9.97 Å². The number of anilines is 1. The molecule has 1 aromatic rings. The van der Waals surface area contributed by atoms with Gasteiger partial charge in [-0.15, -0.1) is 0 Å². The van der Waals surface area contributed by atoms with E-state index in [1.54, 1.807) is 6.07 Å². The Bertz CT molecular complexity index is 456. The van der Waals surface area contributed by atoms with Crippen molar-refractivity contribution in [3.05, 3.63) is 17.5 Å². The van der Waals surface area contributed by atoms with Gasteiger partial charge in [-0.1, -0.05) is 12.1 Å². The van der Waals surface area contributed by atoms with Crippen LogP contribution >= 0.6 is 0 Å². The molecule has 0 unspecified atom stereocenters. The molecule has 6 nitrogen and oxygen atoms in total. The first-order valence-corrected chi connectivity index (χ1v) is 5.89. The number of nitrogens with two attached hydrogens (primary N) is 1. The molecule has 1 rings (SSSR count). The summed E-state index contributed by atoms with van der Waals surface area (Å²) in [4.78, 5) is 10.7. The van der Waals surface area contributed by atoms with Gasteiger partial charge >= 0.3 is 0 Å². The maximum atomic E-state index is 8.70. The van der Waals surface area contributed by atoms with Gasteiger partial charge in [0.1, 0.15) is 5.69 Å². The number of amidine groups is 1. The van der Waals surface area contributed by atoms with E-state index in [1.807, 2.05) is 18.9 Å². The number of aryl methyl sites for hydroxylation is 1. The molecule has 0 aliphatic heterocycles. The Labute approximate surface area is 108 Å². The van der Waals surface area contributed by atoms with E-state index in [2.05, 4.69) is 35.9 Å². The third-order valence-corrected chi connectivity index (χ3v) is 3.29. The van der Waals surface area contributed by atoms with E-state index >= 15 is 0 Å². The van der Waals surface area contributed by atoms with E-state index in [0.717, 1.165) is 12.1 Å². The zero-order chi connectivity index (χ0) is 13.9. The number of hydrogen-bond acceptors (Lipinski definition) is 5. The standard InChI is InChI=1S/C12H21N5O/c1-6-12(3,4)17(5)11-14-8(2)7-9(15-11)10(13)16-18/h7,18H,6H2,1-5H3,(H2,13,16). The van der Waals surface area contributed by atoms with Crippen LogP contribution < -0.4 is 10.6 Å². The van der Waals surface area contributed by atoms with Gasteiger partial charge in [-0.05, 0) is 33.3 Å². The molecule has 0 amide bonds. The lowest BCUT2D eigenvalue weighted by atomic mass is 10.0. The maximum absolute atomic E-state index is 8.70. The number of oxime groups is 1. The molecule has 0 bridgehead atoms. The predicted octanol–water partition coefficient (Wildman–Crippen LogP) is 1.50. The Morgan fingerprint density at radius 2 is 2.11 bits per heavy atom. The van der Waals surface area contributed by atoms with Crippen LogP contribution in [0.1, 0.15) is 38.6 Å². The average molecular weight is 251 g/mol. The highest BCUT2D eigenvalue weighted by atomic mass is 16.4. The van der Waals surface area contributed by atoms with Gasteiger partial charge in [-0.3, -0.25) is 0 Å². The molecule has 0 atom stereocenters. The molecule has 0 fully saturated rings. The predicted molar refractivity (Wildman–Crippen MR) is 72.1 cm³/mol. The van der Waals surface area contributed by atoms with E-state index in [4.69, 9.17) is 10.9 Å². The van der Waals surface area contributed by atoms with Gasteiger partial charge in [0.25, 0.3) is 0 Å². The summed E-state index contributed by atoms with van der Waals surface area (Å²) < 4.78 is 0. The SMILES string of the molecule is CCC(C)(C)N(C)c1nc(C)cc(/C(N)=N/O)n1. The minimum Gasteiger partial charge on any atom is -0.409 e. The second-order valence-electron chi connectivity index (χ2n) is 4.90. The third kappa shape index (κ3) is 2.88. The molecule has 1 heterocycles. The van der Waals surface area contributed by atoms with Crippen molar-refractivity contribution in [3.8, 4) is 0 Å². The van der Waals surface area contributed by atoms with E-state index in [0.29, 0.717) is 11.6 Å². The monoisotopic (exact) mass is 251 g/mol. The first-order valence-electron chi connectivity index (χ1n) is 5.89. The van der Waals surface area contributed by atoms with E-state index in [9.17, 15) is 0 Å². The lowest BCUT2D eigenvalue weighted by Gasteiger charge is -2.35. The van der Waals surface area contributed by atoms with Crippen molar-refractivity contribution in [2.24, 2.45) is 10.9 Å². The summed E-state index contributed by atoms with van der Waals surface area (Å²) in [5.74, 6) is 0.563. The minimum atomic E-state index is -0.0593. The van der Waals surface area contributed by atoms with Gasteiger partial charge in [-0.2, -0.15) is 0 Å². The fraction of sp³-hybridized carbons (Fsp3) is 0.583. The average Bonchev–Trinajstić information content (AvgIpc) is 2.35. The number of rotatable bonds is 4. The molecule has 3 N–H and O–H groups in total. The van der Waals surface area contributed by atoms with Crippen LogP contribution in [0.4, 0.5) is 5.95 Å². The van der Waals surface area contributed by atoms with Crippen LogP contribution in [0.15, 0.2) is 11.2 Å². The summed E-state index contributed by atoms with van der Waals surface area (Å²) in [5, 5.41) is 11.7. The van der Waals surface area contributed by atoms with Gasteiger partial charge in [0, 0.05) is 18.3 Å². The molecular formula is C12H21N5O. The summed E-state index contributed by atoms with van der Waals surface area (Å²) in [6.07, 6.45) is 0.958. The summed E-state index contributed by atoms with van der Waals surface area (Å²) in [5.41, 5.74) is 6.71. The smallest absolute Gasteiger partial charge is 0.226 e. The molecule has 0 aliphatic carbocycles. The Kier molecular flexibility index (Phi) is 4.11. The highest BCUT2D eigenvalue weighted by Gasteiger charge is 2.24. The molecular weight excluding hydrogens is 230 g/mol. The van der Waals surface area contributed by atoms with Crippen molar-refractivity contribution in [1.29, 1.82) is 0 Å². The number of nitrogens with zero attached hydrogens (tertiary/aromatic N) is 4. The Morgan fingerprint density at radius 1 is 1.50 bits per heavy atom. The minimum absolute atomic E-state index is 0.00976. The highest BCUT2D eigenvalue weighted by molar-refractivity contribution is 5.95. The highest BCUT2D eigenvalue weighted by Crippen LogP contribution is 2.21. The summed E-state index contributed by atoms with van der Waals surface area (Å²) in [6, 6.07) is 1.69. The van der Waals surface area contributed by atoms with Gasteiger partial charge < -0.3 is 15.8 Å². The first-order chi connectivity index (χ1) is 8.31. The summed E-state index contributed by atoms with van der Waals surface area (Å²) in [6.45, 7) is 8.19. The molecule has 100 valence electrons. The van der Waals surface area contributed by atoms with Crippen molar-refractivity contribution in [3.63, 3.8) is 0 Å². The zero-order valence-electron chi connectivity index (χ0n) is 11.6. The Morgan fingerprint density at radius 3 is 2.61 bits per heavy atom. The molecule has 1 aromatic heterocycles. The molecule has 0 aromatic carbocycles. The van der Waals surface area contributed by atoms with Gasteiger partial charge in [0.15, 0.2) is 5.84 Å². The first kappa shape index (κ1) is 14.2. The van der Waals surface area contributed by atoms with Crippen molar-refractivity contribution in [2.45, 2.75) is 39.7 Å². The lowest BCUT2D eigenvalue weighted by Crippen LogP contribution is -2.42. The van der Waals surface area contributed by atoms with Gasteiger partial charge in [0.05, 0.1) is 0 Å². The molecule has 0 saturated heterocycles. The molecule has 0 aliphatic rings. The van der Waals surface area contributed by atoms with E-state index < -0.39 is 0 Å². The third-order valence-electron chi connectivity index (χ3n) is 3.29. The molecule has 6 heteroatoms. The van der Waals surface area contributed by atoms with E-state index in [-0.39, 0.29) is 11.4 Å². The summed E-state index contributed by atoms with van der Waals surface area (Å²) in [7, 11) is 1.94. The fourth-order valence-corrected chi connectivity index (χ4v) is 1.39. The zero-order valence-corrected chi connectivity index (χ0v) is 11.6. The second-order valence-corrected chi connectivity index (χ2v) is 4.90. The number of hydrogen-bond donors (Lipinski definition) is 2. The van der Waals surface area contributed by atoms with Crippen molar-refractivity contribution < 1.29 is 5.21 Å². The quantitative estimate of drug-likeness (QED) is 0.366. The Balaban J connectivity index is 3.22. The Hall–Kier alpha value is -1.85. The van der Waals surface area contributed by atoms with Gasteiger partial charge in [0.2, 0.25) is 5.95 Å².